The number of anilines is 2. The molecule has 1 rings (SSSR count). The third kappa shape index (κ3) is 3.12. The summed E-state index contributed by atoms with van der Waals surface area (Å²) in [5, 5.41) is 3.07. The van der Waals surface area contributed by atoms with Crippen LogP contribution in [0.2, 0.25) is 0 Å². The lowest BCUT2D eigenvalue weighted by Crippen LogP contribution is -2.15. The van der Waals surface area contributed by atoms with E-state index in [2.05, 4.69) is 17.2 Å². The standard InChI is InChI=1S/C10H16N4O/c1-2-3-6-13-10-7(11)4-5-8(14-10)9(12)15/h4-5H,2-3,6,11H2,1H3,(H2,12,15)(H,13,14). The fourth-order valence-electron chi connectivity index (χ4n) is 1.13. The Labute approximate surface area is 88.9 Å². The molecule has 82 valence electrons. The van der Waals surface area contributed by atoms with Crippen LogP contribution in [0.5, 0.6) is 0 Å². The molecule has 0 aromatic carbocycles. The van der Waals surface area contributed by atoms with Gasteiger partial charge < -0.3 is 16.8 Å². The maximum absolute atomic E-state index is 10.9. The monoisotopic (exact) mass is 208 g/mol. The Hall–Kier alpha value is -1.78. The molecule has 0 spiro atoms. The van der Waals surface area contributed by atoms with Gasteiger partial charge in [-0.2, -0.15) is 0 Å². The van der Waals surface area contributed by atoms with Gasteiger partial charge in [0.25, 0.3) is 5.91 Å². The fraction of sp³-hybridized carbons (Fsp3) is 0.400. The second-order valence-corrected chi connectivity index (χ2v) is 3.28. The highest BCUT2D eigenvalue weighted by molar-refractivity contribution is 5.91. The molecule has 0 atom stereocenters. The zero-order valence-electron chi connectivity index (χ0n) is 8.79. The van der Waals surface area contributed by atoms with Crippen LogP contribution in [0.25, 0.3) is 0 Å². The summed E-state index contributed by atoms with van der Waals surface area (Å²) in [5.41, 5.74) is 11.6. The molecule has 0 fully saturated rings. The van der Waals surface area contributed by atoms with Crippen LogP contribution in [0.3, 0.4) is 0 Å². The number of rotatable bonds is 5. The highest BCUT2D eigenvalue weighted by atomic mass is 16.1. The number of unbranched alkanes of at least 4 members (excludes halogenated alkanes) is 1. The minimum Gasteiger partial charge on any atom is -0.396 e. The molecule has 5 nitrogen and oxygen atoms in total. The van der Waals surface area contributed by atoms with E-state index in [1.807, 2.05) is 0 Å². The molecule has 5 heteroatoms. The van der Waals surface area contributed by atoms with Crippen molar-refractivity contribution in [2.24, 2.45) is 5.73 Å². The highest BCUT2D eigenvalue weighted by Crippen LogP contribution is 2.15. The molecule has 5 N–H and O–H groups in total. The van der Waals surface area contributed by atoms with Gasteiger partial charge in [-0.1, -0.05) is 13.3 Å². The lowest BCUT2D eigenvalue weighted by atomic mass is 10.3. The molecule has 0 aliphatic heterocycles. The second kappa shape index (κ2) is 5.19. The zero-order valence-corrected chi connectivity index (χ0v) is 8.79. The van der Waals surface area contributed by atoms with Gasteiger partial charge in [0.15, 0.2) is 0 Å². The van der Waals surface area contributed by atoms with E-state index in [1.54, 1.807) is 6.07 Å². The molecule has 0 aliphatic carbocycles. The predicted octanol–water partition coefficient (Wildman–Crippen LogP) is 0.975. The SMILES string of the molecule is CCCCNc1nc(C(N)=O)ccc1N. The minimum absolute atomic E-state index is 0.225. The normalized spacial score (nSPS) is 9.93. The summed E-state index contributed by atoms with van der Waals surface area (Å²) in [5.74, 6) is -0.0201. The van der Waals surface area contributed by atoms with E-state index in [4.69, 9.17) is 11.5 Å². The first kappa shape index (κ1) is 11.3. The van der Waals surface area contributed by atoms with Crippen molar-refractivity contribution in [1.29, 1.82) is 0 Å². The van der Waals surface area contributed by atoms with Gasteiger partial charge in [0.05, 0.1) is 5.69 Å². The number of hydrogen-bond acceptors (Lipinski definition) is 4. The third-order valence-corrected chi connectivity index (χ3v) is 2.00. The van der Waals surface area contributed by atoms with Crippen LogP contribution in [0.1, 0.15) is 30.3 Å². The summed E-state index contributed by atoms with van der Waals surface area (Å²) in [6.45, 7) is 2.88. The van der Waals surface area contributed by atoms with E-state index >= 15 is 0 Å². The maximum atomic E-state index is 10.9. The number of nitrogens with zero attached hydrogens (tertiary/aromatic N) is 1. The number of carbonyl (C=O) groups excluding carboxylic acids is 1. The van der Waals surface area contributed by atoms with E-state index in [-0.39, 0.29) is 5.69 Å². The average molecular weight is 208 g/mol. The van der Waals surface area contributed by atoms with Crippen molar-refractivity contribution in [3.8, 4) is 0 Å². The molecule has 0 bridgehead atoms. The van der Waals surface area contributed by atoms with Gasteiger partial charge in [-0.25, -0.2) is 4.98 Å². The number of primary amides is 1. The number of nitrogens with one attached hydrogen (secondary N) is 1. The average Bonchev–Trinajstić information content (AvgIpc) is 2.20. The molecule has 1 heterocycles. The fourth-order valence-corrected chi connectivity index (χ4v) is 1.13. The summed E-state index contributed by atoms with van der Waals surface area (Å²) in [4.78, 5) is 14.9. The van der Waals surface area contributed by atoms with Crippen molar-refractivity contribution in [1.82, 2.24) is 4.98 Å². The van der Waals surface area contributed by atoms with Crippen molar-refractivity contribution >= 4 is 17.4 Å². The van der Waals surface area contributed by atoms with Crippen LogP contribution in [0, 0.1) is 0 Å². The van der Waals surface area contributed by atoms with Gasteiger partial charge in [-0.3, -0.25) is 4.79 Å². The summed E-state index contributed by atoms with van der Waals surface area (Å²) in [6, 6.07) is 3.14. The maximum Gasteiger partial charge on any atom is 0.267 e. The molecule has 15 heavy (non-hydrogen) atoms. The van der Waals surface area contributed by atoms with Gasteiger partial charge in [0.1, 0.15) is 11.5 Å². The van der Waals surface area contributed by atoms with Crippen molar-refractivity contribution in [2.75, 3.05) is 17.6 Å². The Morgan fingerprint density at radius 3 is 2.87 bits per heavy atom. The number of nitrogens with two attached hydrogens (primary N) is 2. The number of nitrogen functional groups attached to an aromatic ring is 1. The molecule has 1 aromatic rings. The van der Waals surface area contributed by atoms with E-state index in [1.165, 1.54) is 6.07 Å². The summed E-state index contributed by atoms with van der Waals surface area (Å²) in [6.07, 6.45) is 2.12. The zero-order chi connectivity index (χ0) is 11.3. The van der Waals surface area contributed by atoms with Crippen LogP contribution < -0.4 is 16.8 Å². The Bertz CT molecular complexity index is 351. The number of carbonyl (C=O) groups is 1. The van der Waals surface area contributed by atoms with E-state index in [0.29, 0.717) is 11.5 Å². The summed E-state index contributed by atoms with van der Waals surface area (Å²) in [7, 11) is 0. The molecule has 1 amide bonds. The van der Waals surface area contributed by atoms with E-state index in [9.17, 15) is 4.79 Å². The van der Waals surface area contributed by atoms with Gasteiger partial charge >= 0.3 is 0 Å². The number of aromatic nitrogens is 1. The van der Waals surface area contributed by atoms with E-state index in [0.717, 1.165) is 19.4 Å². The number of hydrogen-bond donors (Lipinski definition) is 3. The van der Waals surface area contributed by atoms with Gasteiger partial charge in [-0.15, -0.1) is 0 Å². The lowest BCUT2D eigenvalue weighted by Gasteiger charge is -2.08. The van der Waals surface area contributed by atoms with Crippen molar-refractivity contribution in [3.63, 3.8) is 0 Å². The number of amides is 1. The van der Waals surface area contributed by atoms with Gasteiger partial charge in [0, 0.05) is 6.54 Å². The number of pyridine rings is 1. The Morgan fingerprint density at radius 1 is 1.53 bits per heavy atom. The lowest BCUT2D eigenvalue weighted by molar-refractivity contribution is 0.0996. The first-order chi connectivity index (χ1) is 7.15. The van der Waals surface area contributed by atoms with Gasteiger partial charge in [-0.05, 0) is 18.6 Å². The summed E-state index contributed by atoms with van der Waals surface area (Å²) >= 11 is 0. The second-order valence-electron chi connectivity index (χ2n) is 3.28. The predicted molar refractivity (Wildman–Crippen MR) is 60.6 cm³/mol. The van der Waals surface area contributed by atoms with Crippen LogP contribution >= 0.6 is 0 Å². The highest BCUT2D eigenvalue weighted by Gasteiger charge is 2.06. The third-order valence-electron chi connectivity index (χ3n) is 2.00. The topological polar surface area (TPSA) is 94.0 Å². The molecule has 0 saturated carbocycles. The quantitative estimate of drug-likeness (QED) is 0.628. The molecular weight excluding hydrogens is 192 g/mol. The van der Waals surface area contributed by atoms with Crippen LogP contribution in [0.15, 0.2) is 12.1 Å². The molecule has 0 saturated heterocycles. The van der Waals surface area contributed by atoms with Gasteiger partial charge in [0.2, 0.25) is 0 Å². The molecule has 1 aromatic heterocycles. The molecule has 0 unspecified atom stereocenters. The first-order valence-electron chi connectivity index (χ1n) is 4.95. The van der Waals surface area contributed by atoms with E-state index < -0.39 is 5.91 Å². The van der Waals surface area contributed by atoms with Crippen LogP contribution in [-0.2, 0) is 0 Å². The molecule has 0 radical (unpaired) electrons. The van der Waals surface area contributed by atoms with Crippen molar-refractivity contribution in [3.05, 3.63) is 17.8 Å². The van der Waals surface area contributed by atoms with Crippen molar-refractivity contribution in [2.45, 2.75) is 19.8 Å². The molecular formula is C10H16N4O. The van der Waals surface area contributed by atoms with Crippen molar-refractivity contribution < 1.29 is 4.79 Å². The Morgan fingerprint density at radius 2 is 2.27 bits per heavy atom. The van der Waals surface area contributed by atoms with Crippen LogP contribution in [-0.4, -0.2) is 17.4 Å². The Kier molecular flexibility index (Phi) is 3.91. The smallest absolute Gasteiger partial charge is 0.267 e. The minimum atomic E-state index is -0.548. The first-order valence-corrected chi connectivity index (χ1v) is 4.95. The largest absolute Gasteiger partial charge is 0.396 e. The summed E-state index contributed by atoms with van der Waals surface area (Å²) < 4.78 is 0. The Balaban J connectivity index is 2.76. The molecule has 0 aliphatic rings. The van der Waals surface area contributed by atoms with Crippen LogP contribution in [0.4, 0.5) is 11.5 Å².